The van der Waals surface area contributed by atoms with Crippen LogP contribution in [0.2, 0.25) is 0 Å². The van der Waals surface area contributed by atoms with Gasteiger partial charge in [-0.1, -0.05) is 0 Å². The van der Waals surface area contributed by atoms with Crippen LogP contribution in [0.5, 0.6) is 5.88 Å². The van der Waals surface area contributed by atoms with E-state index in [9.17, 15) is 0 Å². The van der Waals surface area contributed by atoms with E-state index in [1.54, 1.807) is 0 Å². The molecule has 2 rings (SSSR count). The summed E-state index contributed by atoms with van der Waals surface area (Å²) in [6, 6.07) is 1.89. The summed E-state index contributed by atoms with van der Waals surface area (Å²) in [4.78, 5) is 11.3. The SMILES string of the molecule is Cc1cc(OC(C)C)nc(N2CCC(C(C)Cl)CC2)n1. The molecular formula is C15H24ClN3O. The van der Waals surface area contributed by atoms with E-state index >= 15 is 0 Å². The maximum Gasteiger partial charge on any atom is 0.228 e. The van der Waals surface area contributed by atoms with Gasteiger partial charge in [-0.05, 0) is 46.5 Å². The number of aromatic nitrogens is 2. The van der Waals surface area contributed by atoms with E-state index in [1.165, 1.54) is 0 Å². The molecular weight excluding hydrogens is 274 g/mol. The van der Waals surface area contributed by atoms with E-state index in [-0.39, 0.29) is 11.5 Å². The highest BCUT2D eigenvalue weighted by atomic mass is 35.5. The van der Waals surface area contributed by atoms with Crippen LogP contribution in [0.3, 0.4) is 0 Å². The van der Waals surface area contributed by atoms with Crippen molar-refractivity contribution in [3.63, 3.8) is 0 Å². The Balaban J connectivity index is 2.07. The molecule has 1 aliphatic rings. The van der Waals surface area contributed by atoms with Gasteiger partial charge in [0.1, 0.15) is 0 Å². The number of hydrogen-bond acceptors (Lipinski definition) is 4. The van der Waals surface area contributed by atoms with Gasteiger partial charge in [-0.2, -0.15) is 4.98 Å². The van der Waals surface area contributed by atoms with Crippen LogP contribution in [0.25, 0.3) is 0 Å². The average Bonchev–Trinajstić information content (AvgIpc) is 2.37. The lowest BCUT2D eigenvalue weighted by molar-refractivity contribution is 0.232. The Morgan fingerprint density at radius 2 is 1.90 bits per heavy atom. The van der Waals surface area contributed by atoms with Crippen molar-refractivity contribution in [3.8, 4) is 5.88 Å². The number of halogens is 1. The molecule has 0 bridgehead atoms. The van der Waals surface area contributed by atoms with Gasteiger partial charge in [0.25, 0.3) is 0 Å². The molecule has 1 aromatic rings. The second kappa shape index (κ2) is 6.61. The first kappa shape index (κ1) is 15.4. The van der Waals surface area contributed by atoms with Crippen LogP contribution in [0.4, 0.5) is 5.95 Å². The highest BCUT2D eigenvalue weighted by Gasteiger charge is 2.24. The van der Waals surface area contributed by atoms with E-state index in [0.717, 1.165) is 37.6 Å². The summed E-state index contributed by atoms with van der Waals surface area (Å²) in [5, 5.41) is 0.246. The van der Waals surface area contributed by atoms with E-state index in [1.807, 2.05) is 26.8 Å². The number of ether oxygens (including phenoxy) is 1. The van der Waals surface area contributed by atoms with Gasteiger partial charge in [0.15, 0.2) is 0 Å². The Morgan fingerprint density at radius 1 is 1.25 bits per heavy atom. The largest absolute Gasteiger partial charge is 0.475 e. The van der Waals surface area contributed by atoms with Gasteiger partial charge in [0, 0.05) is 30.2 Å². The van der Waals surface area contributed by atoms with Crippen molar-refractivity contribution in [2.24, 2.45) is 5.92 Å². The molecule has 4 nitrogen and oxygen atoms in total. The van der Waals surface area contributed by atoms with Crippen molar-refractivity contribution in [2.45, 2.75) is 52.0 Å². The molecule has 0 aromatic carbocycles. The first-order chi connectivity index (χ1) is 9.45. The number of rotatable bonds is 4. The van der Waals surface area contributed by atoms with Crippen LogP contribution < -0.4 is 9.64 Å². The zero-order chi connectivity index (χ0) is 14.7. The monoisotopic (exact) mass is 297 g/mol. The summed E-state index contributed by atoms with van der Waals surface area (Å²) in [5.41, 5.74) is 0.943. The molecule has 1 atom stereocenters. The van der Waals surface area contributed by atoms with Gasteiger partial charge < -0.3 is 9.64 Å². The molecule has 2 heterocycles. The lowest BCUT2D eigenvalue weighted by atomic mass is 9.94. The summed E-state index contributed by atoms with van der Waals surface area (Å²) in [7, 11) is 0. The molecule has 5 heteroatoms. The highest BCUT2D eigenvalue weighted by molar-refractivity contribution is 6.20. The van der Waals surface area contributed by atoms with Gasteiger partial charge >= 0.3 is 0 Å². The number of nitrogens with zero attached hydrogens (tertiary/aromatic N) is 3. The van der Waals surface area contributed by atoms with E-state index in [2.05, 4.69) is 21.8 Å². The minimum absolute atomic E-state index is 0.125. The van der Waals surface area contributed by atoms with Crippen molar-refractivity contribution in [2.75, 3.05) is 18.0 Å². The van der Waals surface area contributed by atoms with Crippen LogP contribution in [0.15, 0.2) is 6.07 Å². The average molecular weight is 298 g/mol. The summed E-state index contributed by atoms with van der Waals surface area (Å²) in [5.74, 6) is 2.04. The lowest BCUT2D eigenvalue weighted by Crippen LogP contribution is -2.37. The van der Waals surface area contributed by atoms with Crippen molar-refractivity contribution in [1.29, 1.82) is 0 Å². The second-order valence-electron chi connectivity index (χ2n) is 5.82. The second-order valence-corrected chi connectivity index (χ2v) is 6.50. The Morgan fingerprint density at radius 3 is 2.45 bits per heavy atom. The predicted molar refractivity (Wildman–Crippen MR) is 82.8 cm³/mol. The third-order valence-electron chi connectivity index (χ3n) is 3.65. The molecule has 0 amide bonds. The maximum atomic E-state index is 6.19. The fraction of sp³-hybridized carbons (Fsp3) is 0.733. The van der Waals surface area contributed by atoms with Crippen molar-refractivity contribution < 1.29 is 4.74 Å². The van der Waals surface area contributed by atoms with Gasteiger partial charge in [-0.3, -0.25) is 0 Å². The zero-order valence-electron chi connectivity index (χ0n) is 12.8. The molecule has 1 aliphatic heterocycles. The third kappa shape index (κ3) is 3.98. The normalized spacial score (nSPS) is 18.4. The quantitative estimate of drug-likeness (QED) is 0.798. The molecule has 0 spiro atoms. The van der Waals surface area contributed by atoms with Crippen LogP contribution in [-0.4, -0.2) is 34.5 Å². The fourth-order valence-corrected chi connectivity index (χ4v) is 2.78. The predicted octanol–water partition coefficient (Wildman–Crippen LogP) is 3.42. The maximum absolute atomic E-state index is 6.19. The van der Waals surface area contributed by atoms with Gasteiger partial charge in [-0.25, -0.2) is 4.98 Å². The summed E-state index contributed by atoms with van der Waals surface area (Å²) in [6.07, 6.45) is 2.32. The molecule has 0 aliphatic carbocycles. The number of aryl methyl sites for hydroxylation is 1. The van der Waals surface area contributed by atoms with Crippen molar-refractivity contribution in [3.05, 3.63) is 11.8 Å². The Bertz CT molecular complexity index is 443. The van der Waals surface area contributed by atoms with E-state index in [4.69, 9.17) is 16.3 Å². The number of hydrogen-bond donors (Lipinski definition) is 0. The van der Waals surface area contributed by atoms with Gasteiger partial charge in [-0.15, -0.1) is 11.6 Å². The Hall–Kier alpha value is -1.03. The molecule has 0 saturated carbocycles. The van der Waals surface area contributed by atoms with Crippen molar-refractivity contribution >= 4 is 17.5 Å². The number of alkyl halides is 1. The zero-order valence-corrected chi connectivity index (χ0v) is 13.5. The fourth-order valence-electron chi connectivity index (χ4n) is 2.53. The minimum atomic E-state index is 0.125. The van der Waals surface area contributed by atoms with Crippen LogP contribution in [0, 0.1) is 12.8 Å². The first-order valence-electron chi connectivity index (χ1n) is 7.37. The molecule has 1 aromatic heterocycles. The van der Waals surface area contributed by atoms with Crippen LogP contribution >= 0.6 is 11.6 Å². The van der Waals surface area contributed by atoms with Gasteiger partial charge in [0.05, 0.1) is 6.10 Å². The molecule has 1 saturated heterocycles. The van der Waals surface area contributed by atoms with Gasteiger partial charge in [0.2, 0.25) is 11.8 Å². The number of piperidine rings is 1. The molecule has 0 radical (unpaired) electrons. The number of anilines is 1. The molecule has 1 unspecified atom stereocenters. The summed E-state index contributed by atoms with van der Waals surface area (Å²) >= 11 is 6.19. The Kier molecular flexibility index (Phi) is 5.08. The third-order valence-corrected chi connectivity index (χ3v) is 4.00. The minimum Gasteiger partial charge on any atom is -0.475 e. The summed E-state index contributed by atoms with van der Waals surface area (Å²) in [6.45, 7) is 10.00. The van der Waals surface area contributed by atoms with E-state index < -0.39 is 0 Å². The molecule has 112 valence electrons. The summed E-state index contributed by atoms with van der Waals surface area (Å²) < 4.78 is 5.69. The molecule has 20 heavy (non-hydrogen) atoms. The molecule has 0 N–H and O–H groups in total. The van der Waals surface area contributed by atoms with E-state index in [0.29, 0.717) is 11.8 Å². The van der Waals surface area contributed by atoms with Crippen LogP contribution in [0.1, 0.15) is 39.3 Å². The smallest absolute Gasteiger partial charge is 0.228 e. The van der Waals surface area contributed by atoms with Crippen molar-refractivity contribution in [1.82, 2.24) is 9.97 Å². The molecule has 1 fully saturated rings. The lowest BCUT2D eigenvalue weighted by Gasteiger charge is -2.33. The van der Waals surface area contributed by atoms with Crippen LogP contribution in [-0.2, 0) is 0 Å². The Labute approximate surface area is 126 Å². The first-order valence-corrected chi connectivity index (χ1v) is 7.80. The topological polar surface area (TPSA) is 38.2 Å². The highest BCUT2D eigenvalue weighted by Crippen LogP contribution is 2.26. The standard InChI is InChI=1S/C15H24ClN3O/c1-10(2)20-14-9-11(3)17-15(18-14)19-7-5-13(6-8-19)12(4)16/h9-10,12-13H,5-8H2,1-4H3.